The summed E-state index contributed by atoms with van der Waals surface area (Å²) in [4.78, 5) is 24.6. The molecule has 168 valence electrons. The zero-order valence-corrected chi connectivity index (χ0v) is 18.8. The van der Waals surface area contributed by atoms with Gasteiger partial charge in [-0.15, -0.1) is 0 Å². The number of carboxylic acid groups (broad SMARTS) is 1. The van der Waals surface area contributed by atoms with Crippen LogP contribution in [-0.4, -0.2) is 17.0 Å². The minimum atomic E-state index is -1.10. The molecular weight excluding hydrogens is 400 g/mol. The van der Waals surface area contributed by atoms with E-state index >= 15 is 0 Å². The Kier molecular flexibility index (Phi) is 5.56. The SMILES string of the molecule is CCCCc1ccc(C(=O)Oc2ccccc2C(=O)O)cc1C12CC3CC(CC(C3)C1)C2. The van der Waals surface area contributed by atoms with Crippen LogP contribution in [-0.2, 0) is 11.8 Å². The monoisotopic (exact) mass is 432 g/mol. The first-order valence-corrected chi connectivity index (χ1v) is 12.2. The van der Waals surface area contributed by atoms with Crippen LogP contribution in [0.4, 0.5) is 0 Å². The van der Waals surface area contributed by atoms with Crippen LogP contribution in [0.1, 0.15) is 90.1 Å². The molecule has 4 fully saturated rings. The van der Waals surface area contributed by atoms with Crippen molar-refractivity contribution >= 4 is 11.9 Å². The second-order valence-corrected chi connectivity index (χ2v) is 10.4. The summed E-state index contributed by atoms with van der Waals surface area (Å²) in [6.45, 7) is 2.22. The highest BCUT2D eigenvalue weighted by Crippen LogP contribution is 2.61. The number of esters is 1. The van der Waals surface area contributed by atoms with Crippen molar-refractivity contribution in [1.82, 2.24) is 0 Å². The van der Waals surface area contributed by atoms with Gasteiger partial charge in [0.15, 0.2) is 0 Å². The average Bonchev–Trinajstić information content (AvgIpc) is 2.77. The largest absolute Gasteiger partial charge is 0.478 e. The molecule has 4 saturated carbocycles. The number of aromatic carboxylic acids is 1. The van der Waals surface area contributed by atoms with Gasteiger partial charge < -0.3 is 9.84 Å². The van der Waals surface area contributed by atoms with Crippen molar-refractivity contribution in [3.8, 4) is 5.75 Å². The maximum absolute atomic E-state index is 13.1. The highest BCUT2D eigenvalue weighted by Gasteiger charge is 2.52. The highest BCUT2D eigenvalue weighted by molar-refractivity contribution is 5.95. The van der Waals surface area contributed by atoms with Gasteiger partial charge in [0.25, 0.3) is 0 Å². The van der Waals surface area contributed by atoms with Gasteiger partial charge in [0, 0.05) is 0 Å². The van der Waals surface area contributed by atoms with Crippen LogP contribution in [0.2, 0.25) is 0 Å². The number of para-hydroxylation sites is 1. The van der Waals surface area contributed by atoms with Crippen LogP contribution >= 0.6 is 0 Å². The van der Waals surface area contributed by atoms with Crippen molar-refractivity contribution in [1.29, 1.82) is 0 Å². The molecule has 0 aliphatic heterocycles. The number of hydrogen-bond acceptors (Lipinski definition) is 3. The van der Waals surface area contributed by atoms with Gasteiger partial charge in [-0.1, -0.05) is 31.5 Å². The molecule has 4 heteroatoms. The van der Waals surface area contributed by atoms with E-state index in [0.717, 1.165) is 37.0 Å². The third kappa shape index (κ3) is 3.85. The van der Waals surface area contributed by atoms with Gasteiger partial charge in [-0.2, -0.15) is 0 Å². The first kappa shape index (κ1) is 21.2. The maximum Gasteiger partial charge on any atom is 0.343 e. The molecule has 0 heterocycles. The number of aryl methyl sites for hydroxylation is 1. The molecule has 0 radical (unpaired) electrons. The molecule has 0 saturated heterocycles. The lowest BCUT2D eigenvalue weighted by molar-refractivity contribution is -0.00561. The highest BCUT2D eigenvalue weighted by atomic mass is 16.5. The summed E-state index contributed by atoms with van der Waals surface area (Å²) >= 11 is 0. The number of unbranched alkanes of at least 4 members (excludes halogenated alkanes) is 1. The second kappa shape index (κ2) is 8.38. The standard InChI is InChI=1S/C28H32O4/c1-2-3-6-21-9-10-22(27(31)32-25-8-5-4-7-23(25)26(29)30)14-24(21)28-15-18-11-19(16-28)13-20(12-18)17-28/h4-5,7-10,14,18-20H,2-3,6,11-13,15-17H2,1H3,(H,29,30). The van der Waals surface area contributed by atoms with Crippen molar-refractivity contribution < 1.29 is 19.4 Å². The van der Waals surface area contributed by atoms with Crippen molar-refractivity contribution in [3.63, 3.8) is 0 Å². The van der Waals surface area contributed by atoms with E-state index in [1.165, 1.54) is 61.8 Å². The van der Waals surface area contributed by atoms with E-state index in [0.29, 0.717) is 5.56 Å². The first-order valence-electron chi connectivity index (χ1n) is 12.2. The van der Waals surface area contributed by atoms with E-state index in [9.17, 15) is 14.7 Å². The average molecular weight is 433 g/mol. The number of benzene rings is 2. The van der Waals surface area contributed by atoms with Gasteiger partial charge in [0.1, 0.15) is 11.3 Å². The number of hydrogen-bond donors (Lipinski definition) is 1. The van der Waals surface area contributed by atoms with Crippen LogP contribution in [0.5, 0.6) is 5.75 Å². The zero-order valence-electron chi connectivity index (χ0n) is 18.8. The summed E-state index contributed by atoms with van der Waals surface area (Å²) in [5, 5.41) is 9.42. The Bertz CT molecular complexity index is 1000. The Labute approximate surface area is 190 Å². The number of carbonyl (C=O) groups excluding carboxylic acids is 1. The summed E-state index contributed by atoms with van der Waals surface area (Å²) in [5.74, 6) is 1.01. The summed E-state index contributed by atoms with van der Waals surface area (Å²) in [6.07, 6.45) is 11.2. The molecule has 4 aliphatic carbocycles. The molecule has 0 atom stereocenters. The molecule has 6 rings (SSSR count). The van der Waals surface area contributed by atoms with Crippen LogP contribution < -0.4 is 4.74 Å². The smallest absolute Gasteiger partial charge is 0.343 e. The number of carbonyl (C=O) groups is 2. The predicted molar refractivity (Wildman–Crippen MR) is 123 cm³/mol. The van der Waals surface area contributed by atoms with Crippen molar-refractivity contribution in [2.24, 2.45) is 17.8 Å². The number of rotatable bonds is 7. The number of carboxylic acids is 1. The lowest BCUT2D eigenvalue weighted by atomic mass is 9.47. The van der Waals surface area contributed by atoms with E-state index in [2.05, 4.69) is 19.1 Å². The Morgan fingerprint density at radius 3 is 2.28 bits per heavy atom. The van der Waals surface area contributed by atoms with Crippen molar-refractivity contribution in [3.05, 3.63) is 64.7 Å². The molecule has 4 aliphatic rings. The molecule has 4 nitrogen and oxygen atoms in total. The summed E-state index contributed by atoms with van der Waals surface area (Å²) in [5.41, 5.74) is 3.48. The summed E-state index contributed by atoms with van der Waals surface area (Å²) in [7, 11) is 0. The third-order valence-electron chi connectivity index (χ3n) is 8.07. The first-order chi connectivity index (χ1) is 15.5. The fraction of sp³-hybridized carbons (Fsp3) is 0.500. The third-order valence-corrected chi connectivity index (χ3v) is 8.07. The topological polar surface area (TPSA) is 63.6 Å². The fourth-order valence-electron chi connectivity index (χ4n) is 7.11. The molecule has 0 amide bonds. The van der Waals surface area contributed by atoms with Crippen LogP contribution in [0.3, 0.4) is 0 Å². The van der Waals surface area contributed by atoms with Crippen molar-refractivity contribution in [2.75, 3.05) is 0 Å². The molecule has 0 spiro atoms. The Morgan fingerprint density at radius 2 is 1.66 bits per heavy atom. The van der Waals surface area contributed by atoms with E-state index in [1.807, 2.05) is 6.07 Å². The van der Waals surface area contributed by atoms with Gasteiger partial charge in [0.05, 0.1) is 5.56 Å². The van der Waals surface area contributed by atoms with Crippen molar-refractivity contribution in [2.45, 2.75) is 70.1 Å². The van der Waals surface area contributed by atoms with Gasteiger partial charge in [-0.3, -0.25) is 0 Å². The maximum atomic E-state index is 13.1. The molecular formula is C28H32O4. The van der Waals surface area contributed by atoms with E-state index in [4.69, 9.17) is 4.74 Å². The molecule has 2 aromatic carbocycles. The summed E-state index contributed by atoms with van der Waals surface area (Å²) in [6, 6.07) is 12.4. The normalized spacial score (nSPS) is 28.0. The van der Waals surface area contributed by atoms with Gasteiger partial charge >= 0.3 is 11.9 Å². The molecule has 0 aromatic heterocycles. The lowest BCUT2D eigenvalue weighted by Crippen LogP contribution is -2.49. The fourth-order valence-corrected chi connectivity index (χ4v) is 7.11. The Hall–Kier alpha value is -2.62. The molecule has 4 bridgehead atoms. The molecule has 32 heavy (non-hydrogen) atoms. The van der Waals surface area contributed by atoms with E-state index < -0.39 is 11.9 Å². The molecule has 1 N–H and O–H groups in total. The van der Waals surface area contributed by atoms with E-state index in [-0.39, 0.29) is 16.7 Å². The number of ether oxygens (including phenoxy) is 1. The zero-order chi connectivity index (χ0) is 22.3. The van der Waals surface area contributed by atoms with Gasteiger partial charge in [0.2, 0.25) is 0 Å². The Balaban J connectivity index is 1.49. The second-order valence-electron chi connectivity index (χ2n) is 10.4. The van der Waals surface area contributed by atoms with E-state index in [1.54, 1.807) is 12.1 Å². The van der Waals surface area contributed by atoms with Gasteiger partial charge in [-0.05, 0) is 110 Å². The summed E-state index contributed by atoms with van der Waals surface area (Å²) < 4.78 is 5.57. The molecule has 0 unspecified atom stereocenters. The molecule has 2 aromatic rings. The lowest BCUT2D eigenvalue weighted by Gasteiger charge is -2.57. The minimum Gasteiger partial charge on any atom is -0.478 e. The Morgan fingerprint density at radius 1 is 1.00 bits per heavy atom. The van der Waals surface area contributed by atoms with Crippen LogP contribution in [0, 0.1) is 17.8 Å². The van der Waals surface area contributed by atoms with Crippen LogP contribution in [0.15, 0.2) is 42.5 Å². The predicted octanol–water partition coefficient (Wildman–Crippen LogP) is 6.41. The minimum absolute atomic E-state index is 0.00160. The van der Waals surface area contributed by atoms with Gasteiger partial charge in [-0.25, -0.2) is 9.59 Å². The van der Waals surface area contributed by atoms with Crippen LogP contribution in [0.25, 0.3) is 0 Å². The quantitative estimate of drug-likeness (QED) is 0.405.